The molecule has 2 rings (SSSR count). The van der Waals surface area contributed by atoms with Gasteiger partial charge in [-0.1, -0.05) is 12.1 Å². The highest BCUT2D eigenvalue weighted by atomic mass is 19.4. The lowest BCUT2D eigenvalue weighted by Crippen LogP contribution is -2.74. The molecule has 0 radical (unpaired) electrons. The van der Waals surface area contributed by atoms with E-state index in [0.29, 0.717) is 12.1 Å². The first kappa shape index (κ1) is 39.5. The van der Waals surface area contributed by atoms with E-state index in [9.17, 15) is 92.6 Å². The summed E-state index contributed by atoms with van der Waals surface area (Å²) >= 11 is 0. The van der Waals surface area contributed by atoms with E-state index in [2.05, 4.69) is 9.97 Å². The summed E-state index contributed by atoms with van der Waals surface area (Å²) in [6.45, 7) is -1.15. The first-order chi connectivity index (χ1) is 20.8. The minimum Gasteiger partial charge on any atom is -0.369 e. The molecular formula is C23H13F20N3O. The second-order valence-electron chi connectivity index (χ2n) is 9.36. The summed E-state index contributed by atoms with van der Waals surface area (Å²) in [7, 11) is 0. The Hall–Kier alpha value is -3.63. The molecule has 266 valence electrons. The normalized spacial score (nSPS) is 14.7. The van der Waals surface area contributed by atoms with E-state index in [1.54, 1.807) is 0 Å². The number of halogens is 20. The predicted octanol–water partition coefficient (Wildman–Crippen LogP) is 9.18. The zero-order chi connectivity index (χ0) is 36.9. The molecule has 0 spiro atoms. The van der Waals surface area contributed by atoms with Gasteiger partial charge in [0.25, 0.3) is 0 Å². The third kappa shape index (κ3) is 6.59. The molecule has 1 aromatic carbocycles. The van der Waals surface area contributed by atoms with Gasteiger partial charge in [-0.05, 0) is 24.1 Å². The molecule has 0 aliphatic carbocycles. The molecule has 0 amide bonds. The SMILES string of the molecule is O=Cc1ncc(-c2ccc(C(F)(F)F)cc2)c(NCCCC(F)(F)C(F)(F)C(F)(F)C(F)(F)C(F)(F)C(F)(F)C(F)(F)C(F)(F)F)n1. The van der Waals surface area contributed by atoms with Gasteiger partial charge in [0.1, 0.15) is 5.82 Å². The number of nitrogens with zero attached hydrogens (tertiary/aromatic N) is 2. The number of hydrogen-bond acceptors (Lipinski definition) is 4. The van der Waals surface area contributed by atoms with Crippen LogP contribution < -0.4 is 5.32 Å². The van der Waals surface area contributed by atoms with Crippen LogP contribution in [0.25, 0.3) is 11.1 Å². The van der Waals surface area contributed by atoms with E-state index in [-0.39, 0.29) is 17.4 Å². The first-order valence-corrected chi connectivity index (χ1v) is 11.8. The van der Waals surface area contributed by atoms with Gasteiger partial charge >= 0.3 is 53.8 Å². The van der Waals surface area contributed by atoms with Crippen LogP contribution in [0.4, 0.5) is 93.6 Å². The van der Waals surface area contributed by atoms with Crippen LogP contribution in [0, 0.1) is 0 Å². The maximum Gasteiger partial charge on any atom is 0.460 e. The van der Waals surface area contributed by atoms with E-state index in [1.807, 2.05) is 5.32 Å². The number of rotatable bonds is 13. The van der Waals surface area contributed by atoms with Crippen molar-refractivity contribution in [3.05, 3.63) is 41.9 Å². The molecule has 47 heavy (non-hydrogen) atoms. The van der Waals surface area contributed by atoms with Crippen molar-refractivity contribution in [2.24, 2.45) is 0 Å². The number of carbonyl (C=O) groups excluding carboxylic acids is 1. The fraction of sp³-hybridized carbons (Fsp3) is 0.522. The summed E-state index contributed by atoms with van der Waals surface area (Å²) in [5, 5.41) is 2.04. The minimum atomic E-state index is -8.73. The quantitative estimate of drug-likeness (QED) is 0.127. The molecule has 0 saturated carbocycles. The van der Waals surface area contributed by atoms with Gasteiger partial charge in [-0.25, -0.2) is 9.97 Å². The van der Waals surface area contributed by atoms with Crippen molar-refractivity contribution in [1.29, 1.82) is 0 Å². The summed E-state index contributed by atoms with van der Waals surface area (Å²) in [5.41, 5.74) is -1.63. The highest BCUT2D eigenvalue weighted by Gasteiger charge is 2.95. The van der Waals surface area contributed by atoms with Gasteiger partial charge in [0.05, 0.1) is 5.56 Å². The van der Waals surface area contributed by atoms with Crippen LogP contribution in [0.2, 0.25) is 0 Å². The molecule has 0 fully saturated rings. The topological polar surface area (TPSA) is 54.9 Å². The molecule has 1 heterocycles. The molecule has 1 N–H and O–H groups in total. The minimum absolute atomic E-state index is 0.0252. The van der Waals surface area contributed by atoms with Gasteiger partial charge in [0.2, 0.25) is 0 Å². The summed E-state index contributed by atoms with van der Waals surface area (Å²) in [6, 6.07) is 2.70. The van der Waals surface area contributed by atoms with Gasteiger partial charge in [0, 0.05) is 24.7 Å². The van der Waals surface area contributed by atoms with Crippen molar-refractivity contribution < 1.29 is 92.6 Å². The smallest absolute Gasteiger partial charge is 0.369 e. The highest BCUT2D eigenvalue weighted by molar-refractivity contribution is 5.78. The number of aromatic nitrogens is 2. The third-order valence-corrected chi connectivity index (χ3v) is 6.18. The van der Waals surface area contributed by atoms with Crippen molar-refractivity contribution in [2.75, 3.05) is 11.9 Å². The zero-order valence-electron chi connectivity index (χ0n) is 21.9. The van der Waals surface area contributed by atoms with Crippen LogP contribution in [0.5, 0.6) is 0 Å². The lowest BCUT2D eigenvalue weighted by Gasteiger charge is -2.42. The van der Waals surface area contributed by atoms with Gasteiger partial charge in [-0.15, -0.1) is 0 Å². The fourth-order valence-electron chi connectivity index (χ4n) is 3.51. The van der Waals surface area contributed by atoms with Crippen molar-refractivity contribution in [2.45, 2.75) is 66.7 Å². The molecule has 4 nitrogen and oxygen atoms in total. The number of carbonyl (C=O) groups is 1. The van der Waals surface area contributed by atoms with Gasteiger partial charge in [-0.3, -0.25) is 4.79 Å². The van der Waals surface area contributed by atoms with Gasteiger partial charge in [-0.2, -0.15) is 87.8 Å². The standard InChI is InChI=1S/C23H13F20N3O/c24-15(25,17(29,30)18(31,32)19(33,34)20(35,36)21(37,38)22(39,40)23(41,42)43)6-1-7-44-14-12(8-45-13(9-47)46-14)10-2-4-11(5-3-10)16(26,27)28/h2-5,8-9H,1,6-7H2,(H,44,45,46). The van der Waals surface area contributed by atoms with E-state index in [0.717, 1.165) is 18.3 Å². The molecule has 0 aliphatic heterocycles. The Kier molecular flexibility index (Phi) is 10.2. The van der Waals surface area contributed by atoms with Crippen LogP contribution in [0.3, 0.4) is 0 Å². The Balaban J connectivity index is 2.34. The third-order valence-electron chi connectivity index (χ3n) is 6.18. The van der Waals surface area contributed by atoms with E-state index in [1.165, 1.54) is 0 Å². The zero-order valence-corrected chi connectivity index (χ0v) is 21.9. The molecular weight excluding hydrogens is 714 g/mol. The largest absolute Gasteiger partial charge is 0.460 e. The first-order valence-electron chi connectivity index (χ1n) is 11.8. The number of aldehydes is 1. The number of nitrogens with one attached hydrogen (secondary N) is 1. The lowest BCUT2D eigenvalue weighted by molar-refractivity contribution is -0.461. The Bertz CT molecular complexity index is 1420. The van der Waals surface area contributed by atoms with Crippen LogP contribution >= 0.6 is 0 Å². The van der Waals surface area contributed by atoms with Crippen molar-refractivity contribution in [3.8, 4) is 11.1 Å². The Morgan fingerprint density at radius 1 is 0.617 bits per heavy atom. The molecule has 0 aliphatic rings. The molecule has 0 saturated heterocycles. The number of hydrogen-bond donors (Lipinski definition) is 1. The maximum atomic E-state index is 14.1. The second kappa shape index (κ2) is 12.1. The maximum absolute atomic E-state index is 14.1. The van der Waals surface area contributed by atoms with Crippen LogP contribution in [0.15, 0.2) is 30.5 Å². The van der Waals surface area contributed by atoms with Crippen LogP contribution in [-0.2, 0) is 6.18 Å². The monoisotopic (exact) mass is 727 g/mol. The molecule has 0 unspecified atom stereocenters. The van der Waals surface area contributed by atoms with Crippen molar-refractivity contribution >= 4 is 12.1 Å². The van der Waals surface area contributed by atoms with Crippen molar-refractivity contribution in [3.63, 3.8) is 0 Å². The van der Waals surface area contributed by atoms with Gasteiger partial charge < -0.3 is 5.32 Å². The fourth-order valence-corrected chi connectivity index (χ4v) is 3.51. The van der Waals surface area contributed by atoms with Crippen LogP contribution in [0.1, 0.15) is 29.0 Å². The average Bonchev–Trinajstić information content (AvgIpc) is 2.93. The molecule has 2 aromatic rings. The Morgan fingerprint density at radius 3 is 1.49 bits per heavy atom. The molecule has 1 aromatic heterocycles. The molecule has 24 heteroatoms. The van der Waals surface area contributed by atoms with Gasteiger partial charge in [0.15, 0.2) is 12.1 Å². The van der Waals surface area contributed by atoms with E-state index < -0.39 is 90.4 Å². The molecule has 0 bridgehead atoms. The summed E-state index contributed by atoms with van der Waals surface area (Å²) in [5.74, 6) is -58.4. The Morgan fingerprint density at radius 2 is 1.06 bits per heavy atom. The predicted molar refractivity (Wildman–Crippen MR) is 116 cm³/mol. The van der Waals surface area contributed by atoms with E-state index >= 15 is 0 Å². The van der Waals surface area contributed by atoms with Crippen LogP contribution in [-0.4, -0.2) is 70.4 Å². The number of anilines is 1. The average molecular weight is 727 g/mol. The second-order valence-corrected chi connectivity index (χ2v) is 9.36. The summed E-state index contributed by atoms with van der Waals surface area (Å²) in [6.07, 6.45) is -16.2. The number of alkyl halides is 20. The van der Waals surface area contributed by atoms with Crippen molar-refractivity contribution in [1.82, 2.24) is 9.97 Å². The Labute approximate surface area is 247 Å². The molecule has 0 atom stereocenters. The summed E-state index contributed by atoms with van der Waals surface area (Å²) < 4.78 is 266. The number of benzene rings is 1. The lowest BCUT2D eigenvalue weighted by atomic mass is 9.88. The van der Waals surface area contributed by atoms with E-state index in [4.69, 9.17) is 0 Å². The summed E-state index contributed by atoms with van der Waals surface area (Å²) in [4.78, 5) is 18.0. The highest BCUT2D eigenvalue weighted by Crippen LogP contribution is 2.64.